The van der Waals surface area contributed by atoms with Crippen LogP contribution in [0.2, 0.25) is 0 Å². The highest BCUT2D eigenvalue weighted by Gasteiger charge is 2.58. The number of ether oxygens (including phenoxy) is 10. The number of aliphatic hydroxyl groups is 12. The predicted octanol–water partition coefficient (Wildman–Crippen LogP) is -9.56. The summed E-state index contributed by atoms with van der Waals surface area (Å²) in [5, 5.41) is 137. The molecule has 346 valence electrons. The minimum Gasteiger partial charge on any atom is -0.394 e. The van der Waals surface area contributed by atoms with Gasteiger partial charge in [-0.1, -0.05) is 0 Å². The van der Waals surface area contributed by atoms with Crippen LogP contribution < -0.4 is 10.6 Å². The van der Waals surface area contributed by atoms with Crippen LogP contribution in [0.1, 0.15) is 20.8 Å². The van der Waals surface area contributed by atoms with Crippen LogP contribution in [0.3, 0.4) is 0 Å². The molecule has 25 atom stereocenters. The SMILES string of the molecule is CC(=O)N[C@H]1[C@@H]2O[C@@H]3[C@@H](O)[C@H](C)O[C@@H](O[C@H]4[C@H](O)[C@@H](O)[C@@H](O[C@@H]5[C@H](O)[C@@H](O)[C@H](O[C@H]6[C@@H](O)[C@@H](CO)O[C@H](O[C@H]([C@@H]1O)[C@@H](CO)O2)[C@@H]6NC(C)=O)O[C@@H]5CO)O[C@@H]4CO)[C@@H]3O. The number of hydrogen-bond acceptors (Lipinski definition) is 24. The molecule has 0 aromatic rings. The van der Waals surface area contributed by atoms with Crippen molar-refractivity contribution in [1.82, 2.24) is 10.6 Å². The molecule has 9 rings (SSSR count). The van der Waals surface area contributed by atoms with E-state index in [1.807, 2.05) is 0 Å². The van der Waals surface area contributed by atoms with E-state index in [0.29, 0.717) is 0 Å². The van der Waals surface area contributed by atoms with Crippen molar-refractivity contribution in [3.8, 4) is 0 Å². The van der Waals surface area contributed by atoms with Gasteiger partial charge in [0.25, 0.3) is 0 Å². The van der Waals surface area contributed by atoms with E-state index in [2.05, 4.69) is 10.6 Å². The second-order valence-electron chi connectivity index (χ2n) is 15.5. The average Bonchev–Trinajstić information content (AvgIpc) is 3.20. The van der Waals surface area contributed by atoms with E-state index in [1.54, 1.807) is 0 Å². The number of rotatable bonds is 6. The zero-order chi connectivity index (χ0) is 43.9. The summed E-state index contributed by atoms with van der Waals surface area (Å²) in [5.41, 5.74) is 0. The number of aliphatic hydroxyl groups excluding tert-OH is 12. The molecule has 26 heteroatoms. The van der Waals surface area contributed by atoms with E-state index >= 15 is 0 Å². The summed E-state index contributed by atoms with van der Waals surface area (Å²) in [6.07, 6.45) is -41.2. The highest BCUT2D eigenvalue weighted by atomic mass is 16.8. The highest BCUT2D eigenvalue weighted by Crippen LogP contribution is 2.37. The summed E-state index contributed by atoms with van der Waals surface area (Å²) in [7, 11) is 0. The molecular formula is C34H56N2O24. The molecule has 0 radical (unpaired) electrons. The van der Waals surface area contributed by atoms with Crippen LogP contribution in [0, 0.1) is 0 Å². The summed E-state index contributed by atoms with van der Waals surface area (Å²) >= 11 is 0. The van der Waals surface area contributed by atoms with E-state index in [9.17, 15) is 70.9 Å². The summed E-state index contributed by atoms with van der Waals surface area (Å²) < 4.78 is 58.6. The minimum absolute atomic E-state index is 0.752. The van der Waals surface area contributed by atoms with Gasteiger partial charge in [0.2, 0.25) is 11.8 Å². The first-order chi connectivity index (χ1) is 28.4. The molecule has 9 aliphatic heterocycles. The van der Waals surface area contributed by atoms with Crippen LogP contribution in [-0.4, -0.2) is 253 Å². The van der Waals surface area contributed by atoms with Crippen LogP contribution in [0.15, 0.2) is 0 Å². The molecule has 9 heterocycles. The Morgan fingerprint density at radius 1 is 0.383 bits per heavy atom. The normalized spacial score (nSPS) is 51.5. The Kier molecular flexibility index (Phi) is 15.7. The molecule has 26 nitrogen and oxygen atoms in total. The first kappa shape index (κ1) is 47.5. The summed E-state index contributed by atoms with van der Waals surface area (Å²) in [6.45, 7) is -0.224. The molecule has 0 unspecified atom stereocenters. The molecule has 9 saturated heterocycles. The van der Waals surface area contributed by atoms with Crippen molar-refractivity contribution in [1.29, 1.82) is 0 Å². The Hall–Kier alpha value is -1.94. The van der Waals surface area contributed by atoms with E-state index < -0.39 is 192 Å². The molecule has 2 amide bonds. The van der Waals surface area contributed by atoms with Gasteiger partial charge in [-0.3, -0.25) is 9.59 Å². The standard InChI is InChI=1S/C34H56N2O24/c1-8-17(43)29-24(50)34(51-8)58-27-14(7-40)54-32(22(48)20(27)46)57-26-13(6-39)55-33(23(49)21(26)47)59-28-16(36-10(3)42)31(52-11(4-37)18(28)44)56-25-12(5-38)53-30(60-29)15(19(25)45)35-9(2)41/h8,11-34,37-40,43-50H,4-7H2,1-3H3,(H,35,41)(H,36,42)/t8-,11+,12+,13+,14+,15+,16+,17-,18-,19+,20+,21+,22+,23+,24+,25-,26-,27+,28+,29+,30-,31+,32+,33-,34-/m0/s1. The van der Waals surface area contributed by atoms with E-state index in [-0.39, 0.29) is 0 Å². The van der Waals surface area contributed by atoms with Gasteiger partial charge in [-0.25, -0.2) is 0 Å². The molecule has 0 aromatic carbocycles. The van der Waals surface area contributed by atoms with Crippen LogP contribution in [0.25, 0.3) is 0 Å². The van der Waals surface area contributed by atoms with Gasteiger partial charge in [0.15, 0.2) is 31.5 Å². The molecule has 14 N–H and O–H groups in total. The largest absolute Gasteiger partial charge is 0.394 e. The third kappa shape index (κ3) is 9.46. The number of amides is 2. The monoisotopic (exact) mass is 876 g/mol. The van der Waals surface area contributed by atoms with Gasteiger partial charge in [0.1, 0.15) is 116 Å². The summed E-state index contributed by atoms with van der Waals surface area (Å²) in [4.78, 5) is 25.1. The summed E-state index contributed by atoms with van der Waals surface area (Å²) in [6, 6.07) is -3.25. The lowest BCUT2D eigenvalue weighted by molar-refractivity contribution is -0.386. The van der Waals surface area contributed by atoms with Gasteiger partial charge in [-0.2, -0.15) is 0 Å². The molecule has 0 aliphatic carbocycles. The number of carbonyl (C=O) groups excluding carboxylic acids is 2. The Bertz CT molecular complexity index is 1430. The Morgan fingerprint density at radius 2 is 0.750 bits per heavy atom. The third-order valence-electron chi connectivity index (χ3n) is 11.3. The van der Waals surface area contributed by atoms with Crippen molar-refractivity contribution < 1.29 is 118 Å². The lowest BCUT2D eigenvalue weighted by Gasteiger charge is -2.50. The minimum atomic E-state index is -2.10. The van der Waals surface area contributed by atoms with Crippen molar-refractivity contribution >= 4 is 11.8 Å². The third-order valence-corrected chi connectivity index (χ3v) is 11.3. The number of carbonyl (C=O) groups is 2. The van der Waals surface area contributed by atoms with Crippen LogP contribution in [0.5, 0.6) is 0 Å². The maximum Gasteiger partial charge on any atom is 0.217 e. The van der Waals surface area contributed by atoms with Crippen molar-refractivity contribution in [3.63, 3.8) is 0 Å². The lowest BCUT2D eigenvalue weighted by Crippen LogP contribution is -2.71. The van der Waals surface area contributed by atoms with Gasteiger partial charge >= 0.3 is 0 Å². The van der Waals surface area contributed by atoms with Gasteiger partial charge in [0, 0.05) is 13.8 Å². The Morgan fingerprint density at radius 3 is 1.23 bits per heavy atom. The quantitative estimate of drug-likeness (QED) is 0.118. The number of nitrogens with one attached hydrogen (secondary N) is 2. The van der Waals surface area contributed by atoms with E-state index in [1.165, 1.54) is 6.92 Å². The van der Waals surface area contributed by atoms with Gasteiger partial charge in [-0.15, -0.1) is 0 Å². The van der Waals surface area contributed by atoms with Gasteiger partial charge < -0.3 is 119 Å². The van der Waals surface area contributed by atoms with Crippen LogP contribution >= 0.6 is 0 Å². The van der Waals surface area contributed by atoms with Crippen molar-refractivity contribution in [2.24, 2.45) is 0 Å². The van der Waals surface area contributed by atoms with Crippen molar-refractivity contribution in [2.45, 2.75) is 174 Å². The van der Waals surface area contributed by atoms with E-state index in [4.69, 9.17) is 47.4 Å². The fourth-order valence-electron chi connectivity index (χ4n) is 8.18. The zero-order valence-electron chi connectivity index (χ0n) is 32.5. The number of hydrogen-bond donors (Lipinski definition) is 14. The molecule has 0 spiro atoms. The second kappa shape index (κ2) is 19.8. The molecule has 0 aromatic heterocycles. The molecular weight excluding hydrogens is 820 g/mol. The summed E-state index contributed by atoms with van der Waals surface area (Å²) in [5.74, 6) is -1.52. The average molecular weight is 877 g/mol. The fourth-order valence-corrected chi connectivity index (χ4v) is 8.18. The number of fused-ring (bicyclic) bond motifs is 3. The van der Waals surface area contributed by atoms with Gasteiger partial charge in [-0.05, 0) is 6.92 Å². The molecule has 9 fully saturated rings. The van der Waals surface area contributed by atoms with Crippen molar-refractivity contribution in [3.05, 3.63) is 0 Å². The molecule has 60 heavy (non-hydrogen) atoms. The molecule has 9 aliphatic rings. The maximum absolute atomic E-state index is 12.6. The van der Waals surface area contributed by atoms with Crippen LogP contribution in [0.4, 0.5) is 0 Å². The van der Waals surface area contributed by atoms with Gasteiger partial charge in [0.05, 0.1) is 32.5 Å². The predicted molar refractivity (Wildman–Crippen MR) is 185 cm³/mol. The molecule has 0 saturated carbocycles. The maximum atomic E-state index is 12.6. The first-order valence-corrected chi connectivity index (χ1v) is 19.4. The Labute approximate surface area is 341 Å². The second-order valence-corrected chi connectivity index (χ2v) is 15.5. The molecule has 10 bridgehead atoms. The fraction of sp³-hybridized carbons (Fsp3) is 0.941. The smallest absolute Gasteiger partial charge is 0.217 e. The highest BCUT2D eigenvalue weighted by molar-refractivity contribution is 5.73. The Balaban J connectivity index is 1.44. The topological polar surface area (TPSA) is 393 Å². The first-order valence-electron chi connectivity index (χ1n) is 19.4. The van der Waals surface area contributed by atoms with E-state index in [0.717, 1.165) is 13.8 Å². The lowest BCUT2D eigenvalue weighted by atomic mass is 9.93. The van der Waals surface area contributed by atoms with Crippen LogP contribution in [-0.2, 0) is 57.0 Å². The zero-order valence-corrected chi connectivity index (χ0v) is 32.5. The van der Waals surface area contributed by atoms with Crippen molar-refractivity contribution in [2.75, 3.05) is 26.4 Å².